The Morgan fingerprint density at radius 1 is 1.08 bits per heavy atom. The molecule has 38 heavy (non-hydrogen) atoms. The van der Waals surface area contributed by atoms with E-state index in [1.807, 2.05) is 49.1 Å². The van der Waals surface area contributed by atoms with Crippen LogP contribution in [0.15, 0.2) is 51.7 Å². The minimum absolute atomic E-state index is 0.00430. The number of hydrogen-bond donors (Lipinski definition) is 1. The lowest BCUT2D eigenvalue weighted by Gasteiger charge is -2.53. The van der Waals surface area contributed by atoms with E-state index in [-0.39, 0.29) is 23.5 Å². The van der Waals surface area contributed by atoms with Gasteiger partial charge in [0, 0.05) is 18.0 Å². The van der Waals surface area contributed by atoms with Crippen LogP contribution in [0.1, 0.15) is 80.2 Å². The SMILES string of the molecule is Cc1cc(OC(C)C(=O)N2CCC3(O)CCCCC3[C@@H]2c2ccccc2)c2c3c(c(=O)oc2c1)CCCC3. The molecule has 3 unspecified atom stereocenters. The first-order valence-corrected chi connectivity index (χ1v) is 14.2. The van der Waals surface area contributed by atoms with E-state index in [1.54, 1.807) is 0 Å². The molecule has 1 saturated carbocycles. The first kappa shape index (κ1) is 25.2. The molecule has 200 valence electrons. The van der Waals surface area contributed by atoms with Crippen molar-refractivity contribution < 1.29 is 19.1 Å². The van der Waals surface area contributed by atoms with Crippen molar-refractivity contribution >= 4 is 16.9 Å². The number of likely N-dealkylation sites (tertiary alicyclic amines) is 1. The van der Waals surface area contributed by atoms with E-state index >= 15 is 0 Å². The molecule has 3 aromatic rings. The van der Waals surface area contributed by atoms with Crippen molar-refractivity contribution in [1.82, 2.24) is 4.90 Å². The van der Waals surface area contributed by atoms with Crippen LogP contribution in [0, 0.1) is 12.8 Å². The Morgan fingerprint density at radius 3 is 2.63 bits per heavy atom. The molecule has 0 radical (unpaired) electrons. The molecule has 6 nitrogen and oxygen atoms in total. The van der Waals surface area contributed by atoms with Gasteiger partial charge in [-0.25, -0.2) is 4.79 Å². The summed E-state index contributed by atoms with van der Waals surface area (Å²) in [5.41, 5.74) is 3.26. The third kappa shape index (κ3) is 4.33. The lowest BCUT2D eigenvalue weighted by Crippen LogP contribution is -2.58. The average Bonchev–Trinajstić information content (AvgIpc) is 2.92. The highest BCUT2D eigenvalue weighted by Crippen LogP contribution is 2.49. The zero-order valence-electron chi connectivity index (χ0n) is 22.4. The molecule has 1 aromatic heterocycles. The van der Waals surface area contributed by atoms with Crippen LogP contribution in [0.2, 0.25) is 0 Å². The predicted octanol–water partition coefficient (Wildman–Crippen LogP) is 5.64. The number of rotatable bonds is 4. The molecule has 3 aliphatic rings. The molecule has 4 atom stereocenters. The largest absolute Gasteiger partial charge is 0.480 e. The predicted molar refractivity (Wildman–Crippen MR) is 146 cm³/mol. The number of aryl methyl sites for hydroxylation is 2. The fourth-order valence-electron chi connectivity index (χ4n) is 7.23. The van der Waals surface area contributed by atoms with Crippen LogP contribution in [0.3, 0.4) is 0 Å². The highest BCUT2D eigenvalue weighted by atomic mass is 16.5. The van der Waals surface area contributed by atoms with E-state index < -0.39 is 11.7 Å². The van der Waals surface area contributed by atoms with Gasteiger partial charge in [0.2, 0.25) is 0 Å². The van der Waals surface area contributed by atoms with Gasteiger partial charge >= 0.3 is 5.63 Å². The Hall–Kier alpha value is -3.12. The van der Waals surface area contributed by atoms with Crippen LogP contribution < -0.4 is 10.4 Å². The second kappa shape index (κ2) is 9.88. The van der Waals surface area contributed by atoms with Gasteiger partial charge in [0.05, 0.1) is 17.0 Å². The molecule has 0 spiro atoms. The molecule has 2 fully saturated rings. The van der Waals surface area contributed by atoms with Crippen molar-refractivity contribution in [3.05, 3.63) is 75.1 Å². The number of benzene rings is 2. The lowest BCUT2D eigenvalue weighted by atomic mass is 9.66. The maximum Gasteiger partial charge on any atom is 0.339 e. The Labute approximate surface area is 223 Å². The summed E-state index contributed by atoms with van der Waals surface area (Å²) in [6.45, 7) is 4.25. The molecular weight excluding hydrogens is 478 g/mol. The second-order valence-electron chi connectivity index (χ2n) is 11.5. The number of ether oxygens (including phenoxy) is 1. The minimum Gasteiger partial charge on any atom is -0.480 e. The van der Waals surface area contributed by atoms with Gasteiger partial charge in [-0.3, -0.25) is 4.79 Å². The summed E-state index contributed by atoms with van der Waals surface area (Å²) in [7, 11) is 0. The fourth-order valence-corrected chi connectivity index (χ4v) is 7.23. The zero-order chi connectivity index (χ0) is 26.4. The minimum atomic E-state index is -0.733. The van der Waals surface area contributed by atoms with E-state index in [0.29, 0.717) is 30.7 Å². The molecule has 2 heterocycles. The smallest absolute Gasteiger partial charge is 0.339 e. The van der Waals surface area contributed by atoms with Crippen molar-refractivity contribution in [1.29, 1.82) is 0 Å². The van der Waals surface area contributed by atoms with Crippen LogP contribution in [-0.2, 0) is 17.6 Å². The van der Waals surface area contributed by atoms with Crippen molar-refractivity contribution in [2.75, 3.05) is 6.54 Å². The van der Waals surface area contributed by atoms with Crippen molar-refractivity contribution in [3.8, 4) is 5.75 Å². The Balaban J connectivity index is 1.35. The van der Waals surface area contributed by atoms with E-state index in [4.69, 9.17) is 9.15 Å². The maximum atomic E-state index is 14.1. The Kier molecular flexibility index (Phi) is 6.55. The summed E-state index contributed by atoms with van der Waals surface area (Å²) in [4.78, 5) is 28.7. The summed E-state index contributed by atoms with van der Waals surface area (Å²) in [5, 5.41) is 12.4. The monoisotopic (exact) mass is 515 g/mol. The topological polar surface area (TPSA) is 80.0 Å². The van der Waals surface area contributed by atoms with Gasteiger partial charge in [-0.2, -0.15) is 0 Å². The summed E-state index contributed by atoms with van der Waals surface area (Å²) >= 11 is 0. The van der Waals surface area contributed by atoms with Crippen LogP contribution >= 0.6 is 0 Å². The second-order valence-corrected chi connectivity index (χ2v) is 11.5. The van der Waals surface area contributed by atoms with E-state index in [1.165, 1.54) is 0 Å². The number of carbonyl (C=O) groups excluding carboxylic acids is 1. The zero-order valence-corrected chi connectivity index (χ0v) is 22.4. The molecule has 2 aromatic carbocycles. The van der Waals surface area contributed by atoms with Gasteiger partial charge in [-0.1, -0.05) is 43.2 Å². The van der Waals surface area contributed by atoms with Crippen LogP contribution in [0.4, 0.5) is 0 Å². The highest BCUT2D eigenvalue weighted by Gasteiger charge is 2.50. The fraction of sp³-hybridized carbons (Fsp3) is 0.500. The first-order chi connectivity index (χ1) is 18.4. The van der Waals surface area contributed by atoms with Crippen LogP contribution in [0.5, 0.6) is 5.75 Å². The number of piperidine rings is 1. The van der Waals surface area contributed by atoms with E-state index in [9.17, 15) is 14.7 Å². The molecule has 1 saturated heterocycles. The Morgan fingerprint density at radius 2 is 1.84 bits per heavy atom. The van der Waals surface area contributed by atoms with Crippen molar-refractivity contribution in [3.63, 3.8) is 0 Å². The van der Waals surface area contributed by atoms with E-state index in [0.717, 1.165) is 72.6 Å². The molecule has 6 heteroatoms. The van der Waals surface area contributed by atoms with Gasteiger partial charge in [0.1, 0.15) is 11.3 Å². The molecule has 1 aliphatic heterocycles. The average molecular weight is 516 g/mol. The number of fused-ring (bicyclic) bond motifs is 4. The van der Waals surface area contributed by atoms with Crippen molar-refractivity contribution in [2.45, 2.75) is 89.4 Å². The molecule has 1 amide bonds. The summed E-state index contributed by atoms with van der Waals surface area (Å²) in [6.07, 6.45) is 7.17. The first-order valence-electron chi connectivity index (χ1n) is 14.2. The van der Waals surface area contributed by atoms with Gasteiger partial charge in [0.15, 0.2) is 6.10 Å². The lowest BCUT2D eigenvalue weighted by molar-refractivity contribution is -0.161. The van der Waals surface area contributed by atoms with Crippen LogP contribution in [-0.4, -0.2) is 34.2 Å². The quantitative estimate of drug-likeness (QED) is 0.455. The number of amides is 1. The summed E-state index contributed by atoms with van der Waals surface area (Å²) in [5.74, 6) is 0.530. The van der Waals surface area contributed by atoms with E-state index in [2.05, 4.69) is 12.1 Å². The molecule has 6 rings (SSSR count). The van der Waals surface area contributed by atoms with Crippen LogP contribution in [0.25, 0.3) is 11.0 Å². The van der Waals surface area contributed by atoms with Gasteiger partial charge in [-0.15, -0.1) is 0 Å². The molecular formula is C32H37NO5. The van der Waals surface area contributed by atoms with Crippen molar-refractivity contribution in [2.24, 2.45) is 5.92 Å². The normalized spacial score (nSPS) is 25.9. The Bertz CT molecular complexity index is 1410. The molecule has 1 N–H and O–H groups in total. The highest BCUT2D eigenvalue weighted by molar-refractivity contribution is 5.89. The number of carbonyl (C=O) groups is 1. The third-order valence-corrected chi connectivity index (χ3v) is 9.07. The van der Waals surface area contributed by atoms with Gasteiger partial charge in [-0.05, 0) is 87.6 Å². The van der Waals surface area contributed by atoms with Gasteiger partial charge < -0.3 is 19.2 Å². The number of aliphatic hydroxyl groups is 1. The molecule has 0 bridgehead atoms. The third-order valence-electron chi connectivity index (χ3n) is 9.07. The number of nitrogens with zero attached hydrogens (tertiary/aromatic N) is 1. The summed E-state index contributed by atoms with van der Waals surface area (Å²) in [6, 6.07) is 13.8. The number of hydrogen-bond acceptors (Lipinski definition) is 5. The maximum absolute atomic E-state index is 14.1. The molecule has 2 aliphatic carbocycles. The standard InChI is InChI=1S/C32H37NO5/c1-20-18-26(28-23-12-6-7-13-24(23)31(35)38-27(28)19-20)37-21(2)30(34)33-17-16-32(36)15-9-8-14-25(32)29(33)22-10-4-3-5-11-22/h3-5,10-11,18-19,21,25,29,36H,6-9,12-17H2,1-2H3/t21?,25?,29-,32?/m0/s1. The summed E-state index contributed by atoms with van der Waals surface area (Å²) < 4.78 is 12.2. The van der Waals surface area contributed by atoms with Gasteiger partial charge in [0.25, 0.3) is 5.91 Å².